The summed E-state index contributed by atoms with van der Waals surface area (Å²) in [6.07, 6.45) is 0.367. The van der Waals surface area contributed by atoms with Gasteiger partial charge in [-0.1, -0.05) is 35.9 Å². The highest BCUT2D eigenvalue weighted by molar-refractivity contribution is 6.33. The van der Waals surface area contributed by atoms with Gasteiger partial charge in [0.25, 0.3) is 0 Å². The van der Waals surface area contributed by atoms with Gasteiger partial charge in [0.1, 0.15) is 0 Å². The van der Waals surface area contributed by atoms with Gasteiger partial charge in [-0.3, -0.25) is 4.79 Å². The number of anilines is 1. The van der Waals surface area contributed by atoms with E-state index in [2.05, 4.69) is 15.5 Å². The molecule has 0 spiro atoms. The number of ether oxygens (including phenoxy) is 1. The van der Waals surface area contributed by atoms with Crippen LogP contribution in [-0.4, -0.2) is 28.7 Å². The molecule has 0 saturated heterocycles. The summed E-state index contributed by atoms with van der Waals surface area (Å²) in [5.41, 5.74) is 1.33. The molecule has 3 aromatic rings. The van der Waals surface area contributed by atoms with Crippen molar-refractivity contribution in [2.24, 2.45) is 0 Å². The van der Waals surface area contributed by atoms with Gasteiger partial charge in [-0.05, 0) is 31.2 Å². The normalized spacial score (nSPS) is 10.5. The molecule has 0 aliphatic heterocycles. The number of esters is 1. The average Bonchev–Trinajstić information content (AvgIpc) is 3.16. The first-order chi connectivity index (χ1) is 13.6. The van der Waals surface area contributed by atoms with Gasteiger partial charge in [-0.2, -0.15) is 0 Å². The van der Waals surface area contributed by atoms with Crippen LogP contribution >= 0.6 is 11.6 Å². The minimum Gasteiger partial charge on any atom is -0.462 e. The quantitative estimate of drug-likeness (QED) is 0.600. The Morgan fingerprint density at radius 1 is 1.11 bits per heavy atom. The van der Waals surface area contributed by atoms with E-state index in [1.807, 2.05) is 12.1 Å². The zero-order valence-electron chi connectivity index (χ0n) is 15.1. The first-order valence-electron chi connectivity index (χ1n) is 8.71. The molecule has 7 nitrogen and oxygen atoms in total. The molecule has 8 heteroatoms. The molecule has 1 heterocycles. The Morgan fingerprint density at radius 2 is 1.86 bits per heavy atom. The second-order valence-corrected chi connectivity index (χ2v) is 6.20. The molecule has 28 heavy (non-hydrogen) atoms. The van der Waals surface area contributed by atoms with Crippen molar-refractivity contribution in [2.45, 2.75) is 19.8 Å². The number of benzene rings is 2. The third kappa shape index (κ3) is 4.75. The predicted molar refractivity (Wildman–Crippen MR) is 104 cm³/mol. The molecular formula is C20H18ClN3O4. The number of amides is 1. The van der Waals surface area contributed by atoms with Crippen molar-refractivity contribution >= 4 is 29.2 Å². The van der Waals surface area contributed by atoms with Gasteiger partial charge in [0, 0.05) is 12.8 Å². The van der Waals surface area contributed by atoms with Crippen LogP contribution in [0.5, 0.6) is 0 Å². The van der Waals surface area contributed by atoms with E-state index in [4.69, 9.17) is 20.8 Å². The van der Waals surface area contributed by atoms with Gasteiger partial charge in [-0.15, -0.1) is 10.2 Å². The maximum absolute atomic E-state index is 12.3. The Labute approximate surface area is 166 Å². The summed E-state index contributed by atoms with van der Waals surface area (Å²) in [6, 6.07) is 13.8. The number of carbonyl (C=O) groups is 2. The fraction of sp³-hybridized carbons (Fsp3) is 0.200. The van der Waals surface area contributed by atoms with Crippen LogP contribution in [0.15, 0.2) is 52.9 Å². The number of nitrogens with zero attached hydrogens (tertiary/aromatic N) is 2. The number of nitrogens with one attached hydrogen (secondary N) is 1. The number of hydrogen-bond donors (Lipinski definition) is 1. The summed E-state index contributed by atoms with van der Waals surface area (Å²) >= 11 is 6.12. The Hall–Kier alpha value is -3.19. The van der Waals surface area contributed by atoms with E-state index in [1.165, 1.54) is 0 Å². The second-order valence-electron chi connectivity index (χ2n) is 5.80. The Bertz CT molecular complexity index is 987. The molecule has 0 saturated carbocycles. The van der Waals surface area contributed by atoms with Crippen molar-refractivity contribution < 1.29 is 18.7 Å². The number of carbonyl (C=O) groups excluding carboxylic acids is 2. The lowest BCUT2D eigenvalue weighted by molar-refractivity contribution is -0.116. The van der Waals surface area contributed by atoms with Gasteiger partial charge in [-0.25, -0.2) is 4.79 Å². The SMILES string of the molecule is CCOC(=O)c1ccccc1NC(=O)CCc1nnc(-c2ccccc2Cl)o1. The van der Waals surface area contributed by atoms with E-state index in [-0.39, 0.29) is 25.4 Å². The van der Waals surface area contributed by atoms with Crippen molar-refractivity contribution in [3.8, 4) is 11.5 Å². The molecule has 2 aromatic carbocycles. The molecular weight excluding hydrogens is 382 g/mol. The van der Waals surface area contributed by atoms with Gasteiger partial charge < -0.3 is 14.5 Å². The molecule has 0 unspecified atom stereocenters. The summed E-state index contributed by atoms with van der Waals surface area (Å²) in [5.74, 6) is -0.147. The molecule has 144 valence electrons. The highest BCUT2D eigenvalue weighted by atomic mass is 35.5. The molecule has 0 aliphatic rings. The van der Waals surface area contributed by atoms with E-state index >= 15 is 0 Å². The molecule has 0 fully saturated rings. The van der Waals surface area contributed by atoms with Crippen LogP contribution in [0.3, 0.4) is 0 Å². The predicted octanol–water partition coefficient (Wildman–Crippen LogP) is 4.14. The van der Waals surface area contributed by atoms with Crippen LogP contribution < -0.4 is 5.32 Å². The maximum atomic E-state index is 12.3. The number of para-hydroxylation sites is 1. The topological polar surface area (TPSA) is 94.3 Å². The lowest BCUT2D eigenvalue weighted by atomic mass is 10.1. The molecule has 1 aromatic heterocycles. The largest absolute Gasteiger partial charge is 0.462 e. The molecule has 0 atom stereocenters. The molecule has 1 amide bonds. The number of aryl methyl sites for hydroxylation is 1. The van der Waals surface area contributed by atoms with Gasteiger partial charge >= 0.3 is 5.97 Å². The molecule has 0 aliphatic carbocycles. The summed E-state index contributed by atoms with van der Waals surface area (Å²) in [6.45, 7) is 1.98. The molecule has 0 radical (unpaired) electrons. The average molecular weight is 400 g/mol. The van der Waals surface area contributed by atoms with E-state index in [9.17, 15) is 9.59 Å². The maximum Gasteiger partial charge on any atom is 0.340 e. The van der Waals surface area contributed by atoms with Crippen LogP contribution in [0.1, 0.15) is 29.6 Å². The fourth-order valence-electron chi connectivity index (χ4n) is 2.51. The van der Waals surface area contributed by atoms with Gasteiger partial charge in [0.15, 0.2) is 0 Å². The molecule has 1 N–H and O–H groups in total. The van der Waals surface area contributed by atoms with Crippen molar-refractivity contribution in [2.75, 3.05) is 11.9 Å². The first kappa shape index (κ1) is 19.6. The zero-order chi connectivity index (χ0) is 19.9. The lowest BCUT2D eigenvalue weighted by Gasteiger charge is -2.09. The van der Waals surface area contributed by atoms with Crippen molar-refractivity contribution in [1.82, 2.24) is 10.2 Å². The highest BCUT2D eigenvalue weighted by Crippen LogP contribution is 2.26. The van der Waals surface area contributed by atoms with Crippen LogP contribution in [0.25, 0.3) is 11.5 Å². The summed E-state index contributed by atoms with van der Waals surface area (Å²) < 4.78 is 10.6. The van der Waals surface area contributed by atoms with Crippen LogP contribution in [0.2, 0.25) is 5.02 Å². The van der Waals surface area contributed by atoms with Crippen LogP contribution in [-0.2, 0) is 16.0 Å². The molecule has 0 bridgehead atoms. The third-order valence-electron chi connectivity index (χ3n) is 3.83. The Morgan fingerprint density at radius 3 is 2.64 bits per heavy atom. The summed E-state index contributed by atoms with van der Waals surface area (Å²) in [7, 11) is 0. The lowest BCUT2D eigenvalue weighted by Crippen LogP contribution is -2.16. The van der Waals surface area contributed by atoms with Crippen molar-refractivity contribution in [3.05, 3.63) is 65.0 Å². The van der Waals surface area contributed by atoms with Gasteiger partial charge in [0.2, 0.25) is 17.7 Å². The van der Waals surface area contributed by atoms with E-state index in [1.54, 1.807) is 43.3 Å². The number of aromatic nitrogens is 2. The second kappa shape index (κ2) is 9.14. The van der Waals surface area contributed by atoms with Crippen molar-refractivity contribution in [1.29, 1.82) is 0 Å². The number of rotatable bonds is 7. The Kier molecular flexibility index (Phi) is 6.39. The molecule has 3 rings (SSSR count). The van der Waals surface area contributed by atoms with Crippen molar-refractivity contribution in [3.63, 3.8) is 0 Å². The Balaban J connectivity index is 1.62. The minimum absolute atomic E-state index is 0.112. The number of halogens is 1. The smallest absolute Gasteiger partial charge is 0.340 e. The van der Waals surface area contributed by atoms with Crippen LogP contribution in [0.4, 0.5) is 5.69 Å². The fourth-order valence-corrected chi connectivity index (χ4v) is 2.73. The standard InChI is InChI=1S/C20H18ClN3O4/c1-2-27-20(26)14-8-4-6-10-16(14)22-17(25)11-12-18-23-24-19(28-18)13-7-3-5-9-15(13)21/h3-10H,2,11-12H2,1H3,(H,22,25). The monoisotopic (exact) mass is 399 g/mol. The summed E-state index contributed by atoms with van der Waals surface area (Å²) in [4.78, 5) is 24.2. The van der Waals surface area contributed by atoms with E-state index < -0.39 is 5.97 Å². The van der Waals surface area contributed by atoms with E-state index in [0.717, 1.165) is 0 Å². The first-order valence-corrected chi connectivity index (χ1v) is 9.09. The van der Waals surface area contributed by atoms with Gasteiger partial charge in [0.05, 0.1) is 28.4 Å². The minimum atomic E-state index is -0.486. The number of hydrogen-bond acceptors (Lipinski definition) is 6. The van der Waals surface area contributed by atoms with E-state index in [0.29, 0.717) is 33.6 Å². The zero-order valence-corrected chi connectivity index (χ0v) is 15.9. The summed E-state index contributed by atoms with van der Waals surface area (Å²) in [5, 5.41) is 11.1. The highest BCUT2D eigenvalue weighted by Gasteiger charge is 2.16. The third-order valence-corrected chi connectivity index (χ3v) is 4.16. The van der Waals surface area contributed by atoms with Crippen LogP contribution in [0, 0.1) is 0 Å².